The lowest BCUT2D eigenvalue weighted by Crippen LogP contribution is -2.04. The van der Waals surface area contributed by atoms with Gasteiger partial charge in [0.25, 0.3) is 0 Å². The van der Waals surface area contributed by atoms with Crippen LogP contribution in [0.2, 0.25) is 0 Å². The fourth-order valence-corrected chi connectivity index (χ4v) is 2.92. The van der Waals surface area contributed by atoms with Crippen LogP contribution in [0.3, 0.4) is 0 Å². The number of allylic oxidation sites excluding steroid dienone is 1. The third-order valence-electron chi connectivity index (χ3n) is 4.37. The first-order chi connectivity index (χ1) is 13.3. The number of nitriles is 1. The third-order valence-corrected chi connectivity index (χ3v) is 4.37. The number of rotatable bonds is 4. The summed E-state index contributed by atoms with van der Waals surface area (Å²) >= 11 is 0. The molecule has 0 fully saturated rings. The highest BCUT2D eigenvalue weighted by Crippen LogP contribution is 2.30. The molecule has 1 aromatic heterocycles. The van der Waals surface area contributed by atoms with Gasteiger partial charge >= 0.3 is 6.18 Å². The molecule has 0 aliphatic heterocycles. The first-order valence-corrected chi connectivity index (χ1v) is 8.45. The van der Waals surface area contributed by atoms with E-state index in [2.05, 4.69) is 6.07 Å². The summed E-state index contributed by atoms with van der Waals surface area (Å²) in [7, 11) is 1.59. The lowest BCUT2D eigenvalue weighted by molar-refractivity contribution is -0.137. The maximum atomic E-state index is 12.8. The number of benzene rings is 2. The van der Waals surface area contributed by atoms with Crippen LogP contribution in [0.5, 0.6) is 5.75 Å². The predicted octanol–water partition coefficient (Wildman–Crippen LogP) is 5.88. The van der Waals surface area contributed by atoms with Gasteiger partial charge in [-0.25, -0.2) is 0 Å². The Labute approximate surface area is 160 Å². The number of halogens is 3. The summed E-state index contributed by atoms with van der Waals surface area (Å²) in [5, 5.41) is 9.54. The topological polar surface area (TPSA) is 38.0 Å². The van der Waals surface area contributed by atoms with E-state index in [9.17, 15) is 18.4 Å². The van der Waals surface area contributed by atoms with Crippen LogP contribution in [0.25, 0.3) is 17.3 Å². The van der Waals surface area contributed by atoms with Crippen LogP contribution in [0.4, 0.5) is 13.2 Å². The molecule has 28 heavy (non-hydrogen) atoms. The standard InChI is InChI=1S/C22H17F3N2O/c1-15-3-8-20(27(15)19-9-11-21(28-2)12-10-19)13-17(14-26)16-4-6-18(7-5-16)22(23,24)25/h3-13H,1-2H3/b17-13-. The molecule has 0 aliphatic carbocycles. The van der Waals surface area contributed by atoms with Gasteiger partial charge in [0, 0.05) is 17.1 Å². The molecule has 3 rings (SSSR count). The highest BCUT2D eigenvalue weighted by atomic mass is 19.4. The van der Waals surface area contributed by atoms with Gasteiger partial charge in [-0.05, 0) is 67.1 Å². The van der Waals surface area contributed by atoms with Crippen molar-refractivity contribution in [3.05, 3.63) is 83.2 Å². The van der Waals surface area contributed by atoms with Crippen LogP contribution >= 0.6 is 0 Å². The average molecular weight is 382 g/mol. The smallest absolute Gasteiger partial charge is 0.416 e. The zero-order valence-electron chi connectivity index (χ0n) is 15.3. The van der Waals surface area contributed by atoms with Crippen molar-refractivity contribution in [2.24, 2.45) is 0 Å². The van der Waals surface area contributed by atoms with Crippen molar-refractivity contribution in [1.82, 2.24) is 4.57 Å². The van der Waals surface area contributed by atoms with Gasteiger partial charge in [-0.15, -0.1) is 0 Å². The number of ether oxygens (including phenoxy) is 1. The van der Waals surface area contributed by atoms with E-state index in [1.165, 1.54) is 12.1 Å². The van der Waals surface area contributed by atoms with Crippen LogP contribution in [0.15, 0.2) is 60.7 Å². The van der Waals surface area contributed by atoms with E-state index < -0.39 is 11.7 Å². The third kappa shape index (κ3) is 3.94. The highest BCUT2D eigenvalue weighted by molar-refractivity contribution is 5.89. The fourth-order valence-electron chi connectivity index (χ4n) is 2.92. The average Bonchev–Trinajstić information content (AvgIpc) is 3.05. The Morgan fingerprint density at radius 3 is 2.18 bits per heavy atom. The van der Waals surface area contributed by atoms with E-state index in [-0.39, 0.29) is 5.57 Å². The van der Waals surface area contributed by atoms with Gasteiger partial charge in [-0.2, -0.15) is 18.4 Å². The van der Waals surface area contributed by atoms with Crippen molar-refractivity contribution in [3.63, 3.8) is 0 Å². The van der Waals surface area contributed by atoms with Gasteiger partial charge in [0.2, 0.25) is 0 Å². The van der Waals surface area contributed by atoms with Gasteiger partial charge < -0.3 is 9.30 Å². The summed E-state index contributed by atoms with van der Waals surface area (Å²) in [4.78, 5) is 0. The van der Waals surface area contributed by atoms with Crippen molar-refractivity contribution in [1.29, 1.82) is 5.26 Å². The minimum Gasteiger partial charge on any atom is -0.497 e. The first kappa shape index (κ1) is 19.3. The van der Waals surface area contributed by atoms with Crippen molar-refractivity contribution >= 4 is 11.6 Å². The van der Waals surface area contributed by atoms with E-state index in [0.29, 0.717) is 5.56 Å². The molecule has 0 radical (unpaired) electrons. The minimum absolute atomic E-state index is 0.279. The van der Waals surface area contributed by atoms with Crippen LogP contribution in [-0.4, -0.2) is 11.7 Å². The molecule has 2 aromatic carbocycles. The zero-order valence-corrected chi connectivity index (χ0v) is 15.3. The Morgan fingerprint density at radius 1 is 1.00 bits per heavy atom. The summed E-state index contributed by atoms with van der Waals surface area (Å²) in [6.07, 6.45) is -2.74. The van der Waals surface area contributed by atoms with Crippen LogP contribution in [-0.2, 0) is 6.18 Å². The number of hydrogen-bond donors (Lipinski definition) is 0. The molecular formula is C22H17F3N2O. The Kier molecular flexibility index (Phi) is 5.27. The van der Waals surface area contributed by atoms with E-state index >= 15 is 0 Å². The Bertz CT molecular complexity index is 1040. The molecule has 0 atom stereocenters. The Balaban J connectivity index is 2.01. The van der Waals surface area contributed by atoms with E-state index in [1.807, 2.05) is 47.9 Å². The largest absolute Gasteiger partial charge is 0.497 e. The maximum Gasteiger partial charge on any atom is 0.416 e. The molecule has 0 saturated carbocycles. The van der Waals surface area contributed by atoms with E-state index in [0.717, 1.165) is 35.0 Å². The molecule has 0 unspecified atom stereocenters. The maximum absolute atomic E-state index is 12.8. The van der Waals surface area contributed by atoms with Crippen LogP contribution in [0.1, 0.15) is 22.5 Å². The Morgan fingerprint density at radius 2 is 1.64 bits per heavy atom. The van der Waals surface area contributed by atoms with E-state index in [4.69, 9.17) is 4.74 Å². The lowest BCUT2D eigenvalue weighted by atomic mass is 10.0. The molecule has 0 aliphatic rings. The Hall–Kier alpha value is -3.46. The summed E-state index contributed by atoms with van der Waals surface area (Å²) in [5.74, 6) is 0.730. The van der Waals surface area contributed by atoms with Gasteiger partial charge in [0.15, 0.2) is 0 Å². The molecule has 0 saturated heterocycles. The van der Waals surface area contributed by atoms with Crippen molar-refractivity contribution in [2.75, 3.05) is 7.11 Å². The molecule has 0 bridgehead atoms. The minimum atomic E-state index is -4.41. The molecule has 3 aromatic rings. The number of aromatic nitrogens is 1. The molecular weight excluding hydrogens is 365 g/mol. The molecule has 0 N–H and O–H groups in total. The zero-order chi connectivity index (χ0) is 20.3. The molecule has 1 heterocycles. The van der Waals surface area contributed by atoms with Crippen molar-refractivity contribution < 1.29 is 17.9 Å². The summed E-state index contributed by atoms with van der Waals surface area (Å²) in [6.45, 7) is 1.94. The normalized spacial score (nSPS) is 11.9. The van der Waals surface area contributed by atoms with Gasteiger partial charge in [0.1, 0.15) is 5.75 Å². The van der Waals surface area contributed by atoms with Gasteiger partial charge in [-0.3, -0.25) is 0 Å². The van der Waals surface area contributed by atoms with E-state index in [1.54, 1.807) is 13.2 Å². The second kappa shape index (κ2) is 7.65. The number of nitrogens with zero attached hydrogens (tertiary/aromatic N) is 2. The predicted molar refractivity (Wildman–Crippen MR) is 102 cm³/mol. The highest BCUT2D eigenvalue weighted by Gasteiger charge is 2.30. The quantitative estimate of drug-likeness (QED) is 0.529. The molecule has 3 nitrogen and oxygen atoms in total. The molecule has 142 valence electrons. The number of alkyl halides is 3. The van der Waals surface area contributed by atoms with Crippen molar-refractivity contribution in [3.8, 4) is 17.5 Å². The number of aryl methyl sites for hydroxylation is 1. The van der Waals surface area contributed by atoms with Crippen LogP contribution in [0, 0.1) is 18.3 Å². The molecule has 0 spiro atoms. The monoisotopic (exact) mass is 382 g/mol. The second-order valence-corrected chi connectivity index (χ2v) is 6.18. The molecule has 6 heteroatoms. The summed E-state index contributed by atoms with van der Waals surface area (Å²) in [5.41, 5.74) is 2.56. The lowest BCUT2D eigenvalue weighted by Gasteiger charge is -2.11. The van der Waals surface area contributed by atoms with Crippen LogP contribution < -0.4 is 4.74 Å². The van der Waals surface area contributed by atoms with Gasteiger partial charge in [-0.1, -0.05) is 12.1 Å². The van der Waals surface area contributed by atoms with Gasteiger partial charge in [0.05, 0.1) is 24.3 Å². The summed E-state index contributed by atoms with van der Waals surface area (Å²) in [6, 6.07) is 17.9. The number of methoxy groups -OCH3 is 1. The number of hydrogen-bond acceptors (Lipinski definition) is 2. The fraction of sp³-hybridized carbons (Fsp3) is 0.136. The first-order valence-electron chi connectivity index (χ1n) is 8.45. The van der Waals surface area contributed by atoms with Crippen molar-refractivity contribution in [2.45, 2.75) is 13.1 Å². The molecule has 0 amide bonds. The summed E-state index contributed by atoms with van der Waals surface area (Å²) < 4.78 is 45.4. The second-order valence-electron chi connectivity index (χ2n) is 6.18. The SMILES string of the molecule is COc1ccc(-n2c(C)ccc2/C=C(/C#N)c2ccc(C(F)(F)F)cc2)cc1.